The maximum absolute atomic E-state index is 5.58. The van der Waals surface area contributed by atoms with Crippen LogP contribution >= 0.6 is 11.8 Å². The third-order valence-corrected chi connectivity index (χ3v) is 2.44. The Balaban J connectivity index is 2.34. The van der Waals surface area contributed by atoms with Crippen LogP contribution in [0.2, 0.25) is 0 Å². The van der Waals surface area contributed by atoms with Gasteiger partial charge in [0.2, 0.25) is 5.95 Å². The van der Waals surface area contributed by atoms with Crippen molar-refractivity contribution >= 4 is 17.7 Å². The van der Waals surface area contributed by atoms with Crippen molar-refractivity contribution < 1.29 is 9.26 Å². The summed E-state index contributed by atoms with van der Waals surface area (Å²) in [7, 11) is 1.58. The van der Waals surface area contributed by atoms with Crippen LogP contribution in [0.25, 0.3) is 11.5 Å². The van der Waals surface area contributed by atoms with Gasteiger partial charge in [-0.2, -0.15) is 9.97 Å². The molecule has 2 rings (SSSR count). The average molecular weight is 253 g/mol. The SMILES string of the molecule is COCc1cc(-c2nc(N)nc(SC)n2)no1. The van der Waals surface area contributed by atoms with Crippen LogP contribution in [0.4, 0.5) is 5.95 Å². The standard InChI is InChI=1S/C9H11N5O2S/c1-15-4-5-3-6(14-16-5)7-11-8(10)13-9(12-7)17-2/h3H,4H2,1-2H3,(H2,10,11,12,13). The quantitative estimate of drug-likeness (QED) is 0.805. The molecule has 0 bridgehead atoms. The summed E-state index contributed by atoms with van der Waals surface area (Å²) in [4.78, 5) is 12.2. The van der Waals surface area contributed by atoms with Gasteiger partial charge in [0.15, 0.2) is 22.4 Å². The molecular formula is C9H11N5O2S. The highest BCUT2D eigenvalue weighted by Crippen LogP contribution is 2.18. The first-order valence-electron chi connectivity index (χ1n) is 4.73. The van der Waals surface area contributed by atoms with Gasteiger partial charge < -0.3 is 15.0 Å². The Morgan fingerprint density at radius 1 is 1.41 bits per heavy atom. The Kier molecular flexibility index (Phi) is 3.55. The largest absolute Gasteiger partial charge is 0.377 e. The molecule has 8 heteroatoms. The molecule has 90 valence electrons. The fourth-order valence-electron chi connectivity index (χ4n) is 1.21. The van der Waals surface area contributed by atoms with E-state index in [2.05, 4.69) is 20.1 Å². The third kappa shape index (κ3) is 2.71. The van der Waals surface area contributed by atoms with Crippen LogP contribution < -0.4 is 5.73 Å². The van der Waals surface area contributed by atoms with E-state index in [-0.39, 0.29) is 5.95 Å². The molecule has 0 aromatic carbocycles. The molecule has 2 heterocycles. The number of hydrogen-bond donors (Lipinski definition) is 1. The number of anilines is 1. The predicted molar refractivity (Wildman–Crippen MR) is 62.2 cm³/mol. The molecular weight excluding hydrogens is 242 g/mol. The van der Waals surface area contributed by atoms with Crippen LogP contribution in [-0.4, -0.2) is 33.5 Å². The second-order valence-electron chi connectivity index (χ2n) is 3.12. The Hall–Kier alpha value is -1.67. The van der Waals surface area contributed by atoms with Crippen molar-refractivity contribution in [2.45, 2.75) is 11.8 Å². The molecule has 0 radical (unpaired) electrons. The van der Waals surface area contributed by atoms with E-state index in [9.17, 15) is 0 Å². The fourth-order valence-corrected chi connectivity index (χ4v) is 1.57. The second-order valence-corrected chi connectivity index (χ2v) is 3.89. The van der Waals surface area contributed by atoms with E-state index in [1.165, 1.54) is 11.8 Å². The van der Waals surface area contributed by atoms with Gasteiger partial charge in [0.25, 0.3) is 0 Å². The number of nitrogen functional groups attached to an aromatic ring is 1. The number of nitrogens with zero attached hydrogens (tertiary/aromatic N) is 4. The molecule has 2 aromatic rings. The monoisotopic (exact) mass is 253 g/mol. The molecule has 0 aliphatic rings. The number of ether oxygens (including phenoxy) is 1. The molecule has 0 aliphatic heterocycles. The maximum atomic E-state index is 5.58. The molecule has 0 spiro atoms. The summed E-state index contributed by atoms with van der Waals surface area (Å²) in [6.45, 7) is 0.350. The number of methoxy groups -OCH3 is 1. The number of thioether (sulfide) groups is 1. The lowest BCUT2D eigenvalue weighted by Crippen LogP contribution is -2.01. The molecule has 7 nitrogen and oxygen atoms in total. The molecule has 0 unspecified atom stereocenters. The zero-order valence-electron chi connectivity index (χ0n) is 9.38. The zero-order valence-corrected chi connectivity index (χ0v) is 10.2. The molecule has 2 N–H and O–H groups in total. The van der Waals surface area contributed by atoms with Gasteiger partial charge in [0.05, 0.1) is 0 Å². The number of nitrogens with two attached hydrogens (primary N) is 1. The summed E-state index contributed by atoms with van der Waals surface area (Å²) in [5.41, 5.74) is 6.09. The van der Waals surface area contributed by atoms with Gasteiger partial charge in [-0.15, -0.1) is 0 Å². The first kappa shape index (κ1) is 11.8. The number of hydrogen-bond acceptors (Lipinski definition) is 8. The van der Waals surface area contributed by atoms with E-state index in [4.69, 9.17) is 15.0 Å². The van der Waals surface area contributed by atoms with Crippen molar-refractivity contribution in [3.05, 3.63) is 11.8 Å². The fraction of sp³-hybridized carbons (Fsp3) is 0.333. The van der Waals surface area contributed by atoms with Crippen LogP contribution in [0.3, 0.4) is 0 Å². The molecule has 0 saturated heterocycles. The molecule has 0 amide bonds. The molecule has 0 fully saturated rings. The topological polar surface area (TPSA) is 100.0 Å². The average Bonchev–Trinajstić information content (AvgIpc) is 2.77. The van der Waals surface area contributed by atoms with E-state index in [1.807, 2.05) is 6.26 Å². The number of rotatable bonds is 4. The summed E-state index contributed by atoms with van der Waals surface area (Å²) in [5.74, 6) is 1.16. The van der Waals surface area contributed by atoms with E-state index in [1.54, 1.807) is 13.2 Å². The van der Waals surface area contributed by atoms with Crippen molar-refractivity contribution in [2.24, 2.45) is 0 Å². The van der Waals surface area contributed by atoms with Crippen molar-refractivity contribution in [2.75, 3.05) is 19.1 Å². The van der Waals surface area contributed by atoms with Gasteiger partial charge in [-0.3, -0.25) is 0 Å². The first-order valence-corrected chi connectivity index (χ1v) is 5.96. The molecule has 0 atom stereocenters. The highest BCUT2D eigenvalue weighted by atomic mass is 32.2. The van der Waals surface area contributed by atoms with Crippen LogP contribution in [0, 0.1) is 0 Å². The molecule has 0 saturated carbocycles. The van der Waals surface area contributed by atoms with Gasteiger partial charge in [-0.25, -0.2) is 4.98 Å². The van der Waals surface area contributed by atoms with E-state index in [0.717, 1.165) is 0 Å². The van der Waals surface area contributed by atoms with Crippen molar-refractivity contribution in [1.82, 2.24) is 20.1 Å². The minimum Gasteiger partial charge on any atom is -0.377 e. The summed E-state index contributed by atoms with van der Waals surface area (Å²) in [6, 6.07) is 1.71. The minimum atomic E-state index is 0.163. The number of aromatic nitrogens is 4. The van der Waals surface area contributed by atoms with Crippen molar-refractivity contribution in [1.29, 1.82) is 0 Å². The Morgan fingerprint density at radius 3 is 2.94 bits per heavy atom. The lowest BCUT2D eigenvalue weighted by atomic mass is 10.3. The highest BCUT2D eigenvalue weighted by Gasteiger charge is 2.11. The molecule has 17 heavy (non-hydrogen) atoms. The normalized spacial score (nSPS) is 10.7. The maximum Gasteiger partial charge on any atom is 0.224 e. The van der Waals surface area contributed by atoms with Crippen LogP contribution in [-0.2, 0) is 11.3 Å². The summed E-state index contributed by atoms with van der Waals surface area (Å²) in [5, 5.41) is 4.39. The van der Waals surface area contributed by atoms with E-state index >= 15 is 0 Å². The third-order valence-electron chi connectivity index (χ3n) is 1.89. The first-order chi connectivity index (χ1) is 8.22. The Bertz CT molecular complexity index is 516. The van der Waals surface area contributed by atoms with Crippen LogP contribution in [0.15, 0.2) is 15.7 Å². The van der Waals surface area contributed by atoms with Gasteiger partial charge in [-0.05, 0) is 6.26 Å². The van der Waals surface area contributed by atoms with Crippen molar-refractivity contribution in [3.8, 4) is 11.5 Å². The lowest BCUT2D eigenvalue weighted by Gasteiger charge is -1.98. The van der Waals surface area contributed by atoms with E-state index < -0.39 is 0 Å². The van der Waals surface area contributed by atoms with Gasteiger partial charge in [0, 0.05) is 13.2 Å². The van der Waals surface area contributed by atoms with E-state index in [0.29, 0.717) is 29.0 Å². The van der Waals surface area contributed by atoms with Gasteiger partial charge >= 0.3 is 0 Å². The smallest absolute Gasteiger partial charge is 0.224 e. The summed E-state index contributed by atoms with van der Waals surface area (Å²) < 4.78 is 9.98. The molecule has 2 aromatic heterocycles. The highest BCUT2D eigenvalue weighted by molar-refractivity contribution is 7.98. The Morgan fingerprint density at radius 2 is 2.24 bits per heavy atom. The second kappa shape index (κ2) is 5.11. The zero-order chi connectivity index (χ0) is 12.3. The van der Waals surface area contributed by atoms with Gasteiger partial charge in [-0.1, -0.05) is 16.9 Å². The minimum absolute atomic E-state index is 0.163. The predicted octanol–water partition coefficient (Wildman–Crippen LogP) is 0.977. The Labute approximate surface area is 102 Å². The summed E-state index contributed by atoms with van der Waals surface area (Å²) >= 11 is 1.38. The lowest BCUT2D eigenvalue weighted by molar-refractivity contribution is 0.156. The summed E-state index contributed by atoms with van der Waals surface area (Å²) in [6.07, 6.45) is 1.86. The van der Waals surface area contributed by atoms with Gasteiger partial charge in [0.1, 0.15) is 6.61 Å². The molecule has 0 aliphatic carbocycles. The van der Waals surface area contributed by atoms with Crippen LogP contribution in [0.5, 0.6) is 0 Å². The van der Waals surface area contributed by atoms with Crippen LogP contribution in [0.1, 0.15) is 5.76 Å². The van der Waals surface area contributed by atoms with Crippen molar-refractivity contribution in [3.63, 3.8) is 0 Å².